The Labute approximate surface area is 313 Å². The van der Waals surface area contributed by atoms with Crippen LogP contribution >= 0.6 is 0 Å². The van der Waals surface area contributed by atoms with Gasteiger partial charge in [0.1, 0.15) is 13.2 Å². The van der Waals surface area contributed by atoms with E-state index < -0.39 is 0 Å². The summed E-state index contributed by atoms with van der Waals surface area (Å²) in [5.41, 5.74) is 6.29. The number of hydrogen-bond donors (Lipinski definition) is 1. The first kappa shape index (κ1) is 41.7. The van der Waals surface area contributed by atoms with Crippen LogP contribution in [0.1, 0.15) is 47.2 Å². The lowest BCUT2D eigenvalue weighted by Gasteiger charge is -2.19. The molecule has 0 spiro atoms. The maximum Gasteiger partial charge on any atom is 0.409 e. The molecule has 0 aliphatic heterocycles. The van der Waals surface area contributed by atoms with Crippen LogP contribution in [0.4, 0.5) is 10.5 Å². The highest BCUT2D eigenvalue weighted by Crippen LogP contribution is 2.44. The van der Waals surface area contributed by atoms with Crippen molar-refractivity contribution in [3.8, 4) is 11.1 Å². The highest BCUT2D eigenvalue weighted by atomic mass is 16.6. The molecule has 0 heterocycles. The molecule has 1 N–H and O–H groups in total. The van der Waals surface area contributed by atoms with Gasteiger partial charge in [-0.1, -0.05) is 61.9 Å². The number of nitrogens with zero attached hydrogens (tertiary/aromatic N) is 1. The molecule has 1 amide bonds. The molecule has 0 bridgehead atoms. The molecule has 0 fully saturated rings. The van der Waals surface area contributed by atoms with Gasteiger partial charge in [-0.15, -0.1) is 0 Å². The van der Waals surface area contributed by atoms with E-state index in [0.29, 0.717) is 98.0 Å². The van der Waals surface area contributed by atoms with Gasteiger partial charge in [0.05, 0.1) is 84.8 Å². The Morgan fingerprint density at radius 1 is 0.604 bits per heavy atom. The topological polar surface area (TPSA) is 123 Å². The van der Waals surface area contributed by atoms with E-state index in [1.807, 2.05) is 36.4 Å². The van der Waals surface area contributed by atoms with E-state index in [1.54, 1.807) is 19.2 Å². The number of esters is 1. The largest absolute Gasteiger partial charge is 0.460 e. The molecule has 1 aliphatic carbocycles. The predicted molar refractivity (Wildman–Crippen MR) is 203 cm³/mol. The number of hydrogen-bond acceptors (Lipinski definition) is 11. The van der Waals surface area contributed by atoms with Crippen LogP contribution in [0.2, 0.25) is 0 Å². The van der Waals surface area contributed by atoms with E-state index in [4.69, 9.17) is 37.9 Å². The zero-order chi connectivity index (χ0) is 37.4. The van der Waals surface area contributed by atoms with Gasteiger partial charge >= 0.3 is 12.1 Å². The van der Waals surface area contributed by atoms with Crippen LogP contribution < -0.4 is 5.32 Å². The number of rotatable bonds is 28. The standard InChI is InChI=1S/C41H56N2O10/c1-3-4-17-42-34-15-13-33(14-16-34)40(44)52-31-30-51-29-28-50-27-26-49-25-24-48-23-22-47-21-20-46-19-18-43(2)41(45)53-32-39-37-11-7-5-9-35(37)36-10-6-8-12-38(36)39/h5-16,39,42H,3-4,17-32H2,1-2H3. The van der Waals surface area contributed by atoms with Crippen LogP contribution in [0.25, 0.3) is 11.1 Å². The van der Waals surface area contributed by atoms with Crippen molar-refractivity contribution in [2.75, 3.05) is 118 Å². The summed E-state index contributed by atoms with van der Waals surface area (Å²) in [5, 5.41) is 3.32. The first-order chi connectivity index (χ1) is 26.1. The Morgan fingerprint density at radius 3 is 1.58 bits per heavy atom. The Bertz CT molecular complexity index is 1430. The van der Waals surface area contributed by atoms with Gasteiger partial charge in [0, 0.05) is 31.7 Å². The van der Waals surface area contributed by atoms with Gasteiger partial charge in [-0.3, -0.25) is 0 Å². The molecule has 3 aromatic carbocycles. The number of unbranched alkanes of at least 4 members (excludes halogenated alkanes) is 1. The number of likely N-dealkylation sites (N-methyl/N-ethyl adjacent to an activating group) is 1. The van der Waals surface area contributed by atoms with E-state index in [-0.39, 0.29) is 24.6 Å². The highest BCUT2D eigenvalue weighted by Gasteiger charge is 2.29. The molecule has 12 nitrogen and oxygen atoms in total. The van der Waals surface area contributed by atoms with Crippen molar-refractivity contribution in [3.63, 3.8) is 0 Å². The zero-order valence-corrected chi connectivity index (χ0v) is 31.3. The van der Waals surface area contributed by atoms with Crippen molar-refractivity contribution in [1.82, 2.24) is 4.90 Å². The molecule has 0 atom stereocenters. The molecule has 0 saturated carbocycles. The smallest absolute Gasteiger partial charge is 0.409 e. The monoisotopic (exact) mass is 736 g/mol. The summed E-state index contributed by atoms with van der Waals surface area (Å²) < 4.78 is 44.1. The Kier molecular flexibility index (Phi) is 19.7. The molecule has 290 valence electrons. The van der Waals surface area contributed by atoms with Gasteiger partial charge in [0.2, 0.25) is 0 Å². The average molecular weight is 737 g/mol. The van der Waals surface area contributed by atoms with Crippen LogP contribution in [0.3, 0.4) is 0 Å². The van der Waals surface area contributed by atoms with E-state index in [2.05, 4.69) is 36.5 Å². The molecule has 1 aliphatic rings. The van der Waals surface area contributed by atoms with Gasteiger partial charge in [-0.2, -0.15) is 0 Å². The number of nitrogens with one attached hydrogen (secondary N) is 1. The van der Waals surface area contributed by atoms with E-state index in [0.717, 1.165) is 25.1 Å². The van der Waals surface area contributed by atoms with Crippen molar-refractivity contribution >= 4 is 17.7 Å². The van der Waals surface area contributed by atoms with Gasteiger partial charge < -0.3 is 48.1 Å². The van der Waals surface area contributed by atoms with Gasteiger partial charge in [0.25, 0.3) is 0 Å². The second kappa shape index (κ2) is 25.1. The minimum atomic E-state index is -0.368. The van der Waals surface area contributed by atoms with Crippen LogP contribution in [-0.2, 0) is 37.9 Å². The number of carbonyl (C=O) groups is 2. The first-order valence-electron chi connectivity index (χ1n) is 18.6. The van der Waals surface area contributed by atoms with Crippen molar-refractivity contribution in [1.29, 1.82) is 0 Å². The molecule has 4 rings (SSSR count). The SMILES string of the molecule is CCCCNc1ccc(C(=O)OCCOCCOCCOCCOCCOCCOCCN(C)C(=O)OCC2c3ccccc3-c3ccccc32)cc1. The van der Waals surface area contributed by atoms with Gasteiger partial charge in [-0.05, 0) is 52.9 Å². The summed E-state index contributed by atoms with van der Waals surface area (Å²) in [7, 11) is 1.71. The molecule has 12 heteroatoms. The average Bonchev–Trinajstić information content (AvgIpc) is 3.51. The predicted octanol–water partition coefficient (Wildman–Crippen LogP) is 6.04. The summed E-state index contributed by atoms with van der Waals surface area (Å²) in [6.07, 6.45) is 1.87. The number of amides is 1. The highest BCUT2D eigenvalue weighted by molar-refractivity contribution is 5.89. The van der Waals surface area contributed by atoms with E-state index in [1.165, 1.54) is 27.2 Å². The second-order valence-electron chi connectivity index (χ2n) is 12.4. The van der Waals surface area contributed by atoms with Gasteiger partial charge in [-0.25, -0.2) is 9.59 Å². The molecular formula is C41H56N2O10. The third-order valence-corrected chi connectivity index (χ3v) is 8.52. The van der Waals surface area contributed by atoms with E-state index in [9.17, 15) is 9.59 Å². The first-order valence-corrected chi connectivity index (χ1v) is 18.6. The molecule has 0 aromatic heterocycles. The summed E-state index contributed by atoms with van der Waals surface area (Å²) in [5.74, 6) is -0.330. The molecule has 53 heavy (non-hydrogen) atoms. The fourth-order valence-corrected chi connectivity index (χ4v) is 5.61. The fourth-order valence-electron chi connectivity index (χ4n) is 5.61. The normalized spacial score (nSPS) is 12.0. The maximum atomic E-state index is 12.6. The summed E-state index contributed by atoms with van der Waals surface area (Å²) in [6, 6.07) is 23.8. The minimum absolute atomic E-state index is 0.0352. The lowest BCUT2D eigenvalue weighted by Crippen LogP contribution is -2.32. The summed E-state index contributed by atoms with van der Waals surface area (Å²) in [6.45, 7) is 9.09. The Morgan fingerprint density at radius 2 is 1.08 bits per heavy atom. The van der Waals surface area contributed by atoms with Crippen molar-refractivity contribution < 1.29 is 47.5 Å². The van der Waals surface area contributed by atoms with Crippen LogP contribution in [0.15, 0.2) is 72.8 Å². The molecule has 0 saturated heterocycles. The number of anilines is 1. The van der Waals surface area contributed by atoms with E-state index >= 15 is 0 Å². The summed E-state index contributed by atoms with van der Waals surface area (Å²) in [4.78, 5) is 26.3. The second-order valence-corrected chi connectivity index (χ2v) is 12.4. The van der Waals surface area contributed by atoms with Crippen molar-refractivity contribution in [3.05, 3.63) is 89.5 Å². The minimum Gasteiger partial charge on any atom is -0.460 e. The molecule has 0 unspecified atom stereocenters. The van der Waals surface area contributed by atoms with Crippen LogP contribution in [0.5, 0.6) is 0 Å². The Balaban J connectivity index is 0.865. The number of ether oxygens (including phenoxy) is 8. The zero-order valence-electron chi connectivity index (χ0n) is 31.3. The maximum absolute atomic E-state index is 12.6. The number of fused-ring (bicyclic) bond motifs is 3. The van der Waals surface area contributed by atoms with Crippen molar-refractivity contribution in [2.24, 2.45) is 0 Å². The van der Waals surface area contributed by atoms with Crippen molar-refractivity contribution in [2.45, 2.75) is 25.7 Å². The molecular weight excluding hydrogens is 680 g/mol. The lowest BCUT2D eigenvalue weighted by molar-refractivity contribution is -0.0198. The third-order valence-electron chi connectivity index (χ3n) is 8.52. The summed E-state index contributed by atoms with van der Waals surface area (Å²) >= 11 is 0. The van der Waals surface area contributed by atoms with Gasteiger partial charge in [0.15, 0.2) is 0 Å². The number of benzene rings is 3. The Hall–Kier alpha value is -4.04. The quantitative estimate of drug-likeness (QED) is 0.0694. The third kappa shape index (κ3) is 15.1. The lowest BCUT2D eigenvalue weighted by atomic mass is 9.98. The van der Waals surface area contributed by atoms with Crippen LogP contribution in [-0.4, -0.2) is 130 Å². The molecule has 0 radical (unpaired) electrons. The molecule has 3 aromatic rings. The van der Waals surface area contributed by atoms with Crippen LogP contribution in [0, 0.1) is 0 Å². The fraction of sp³-hybridized carbons (Fsp3) is 0.512. The number of carbonyl (C=O) groups excluding carboxylic acids is 2.